The fourth-order valence-electron chi connectivity index (χ4n) is 1.15. The molecule has 3 heteroatoms. The molecule has 0 aliphatic rings. The van der Waals surface area contributed by atoms with Crippen LogP contribution in [0.4, 0.5) is 0 Å². The van der Waals surface area contributed by atoms with Crippen LogP contribution in [-0.2, 0) is 11.0 Å². The highest BCUT2D eigenvalue weighted by Crippen LogP contribution is 2.16. The summed E-state index contributed by atoms with van der Waals surface area (Å²) in [7, 11) is -1.02. The fraction of sp³-hybridized carbons (Fsp3) is 0.500. The first kappa shape index (κ1) is 12.4. The maximum absolute atomic E-state index is 11.8. The molecule has 0 fully saturated rings. The Hall–Kier alpha value is -0.670. The molecule has 1 aromatic rings. The van der Waals surface area contributed by atoms with E-state index in [1.807, 2.05) is 58.0 Å². The molecule has 0 aromatic heterocycles. The monoisotopic (exact) mass is 225 g/mol. The third kappa shape index (κ3) is 3.76. The van der Waals surface area contributed by atoms with Gasteiger partial charge in [-0.2, -0.15) is 0 Å². The molecule has 1 N–H and O–H groups in total. The van der Waals surface area contributed by atoms with E-state index in [0.29, 0.717) is 0 Å². The van der Waals surface area contributed by atoms with Gasteiger partial charge >= 0.3 is 0 Å². The van der Waals surface area contributed by atoms with Crippen LogP contribution in [0.5, 0.6) is 0 Å². The zero-order valence-corrected chi connectivity index (χ0v) is 10.6. The molecule has 0 saturated heterocycles. The van der Waals surface area contributed by atoms with Crippen LogP contribution >= 0.6 is 0 Å². The van der Waals surface area contributed by atoms with Crippen LogP contribution in [0.3, 0.4) is 0 Å². The molecule has 0 spiro atoms. The highest BCUT2D eigenvalue weighted by molar-refractivity contribution is 7.84. The second-order valence-corrected chi connectivity index (χ2v) is 6.63. The van der Waals surface area contributed by atoms with Crippen LogP contribution in [-0.4, -0.2) is 8.96 Å². The summed E-state index contributed by atoms with van der Waals surface area (Å²) in [6.45, 7) is 7.93. The predicted molar refractivity (Wildman–Crippen MR) is 65.9 cm³/mol. The van der Waals surface area contributed by atoms with Gasteiger partial charge in [0, 0.05) is 6.04 Å². The molecule has 0 amide bonds. The zero-order chi connectivity index (χ0) is 11.5. The molecular weight excluding hydrogens is 206 g/mol. The Labute approximate surface area is 94.7 Å². The smallest absolute Gasteiger partial charge is 0.0975 e. The van der Waals surface area contributed by atoms with E-state index in [4.69, 9.17) is 0 Å². The van der Waals surface area contributed by atoms with Gasteiger partial charge in [0.1, 0.15) is 0 Å². The first-order chi connectivity index (χ1) is 6.91. The molecule has 1 rings (SSSR count). The average molecular weight is 225 g/mol. The Bertz CT molecular complexity index is 329. The number of rotatable bonds is 3. The van der Waals surface area contributed by atoms with Crippen LogP contribution in [0.15, 0.2) is 30.3 Å². The SMILES string of the molecule is C[C@H](NS(=O)C(C)(C)C)c1ccccc1. The van der Waals surface area contributed by atoms with E-state index in [0.717, 1.165) is 5.56 Å². The van der Waals surface area contributed by atoms with Gasteiger partial charge in [0.2, 0.25) is 0 Å². The maximum Gasteiger partial charge on any atom is 0.0975 e. The number of benzene rings is 1. The zero-order valence-electron chi connectivity index (χ0n) is 9.78. The molecule has 84 valence electrons. The average Bonchev–Trinajstić information content (AvgIpc) is 2.17. The van der Waals surface area contributed by atoms with Crippen molar-refractivity contribution >= 4 is 11.0 Å². The van der Waals surface area contributed by atoms with Crippen molar-refractivity contribution in [3.63, 3.8) is 0 Å². The van der Waals surface area contributed by atoms with E-state index in [2.05, 4.69) is 4.72 Å². The van der Waals surface area contributed by atoms with Crippen LogP contribution in [0.1, 0.15) is 39.3 Å². The summed E-state index contributed by atoms with van der Waals surface area (Å²) in [4.78, 5) is 0. The first-order valence-corrected chi connectivity index (χ1v) is 6.29. The van der Waals surface area contributed by atoms with Crippen LogP contribution in [0.2, 0.25) is 0 Å². The summed E-state index contributed by atoms with van der Waals surface area (Å²) in [5.41, 5.74) is 1.16. The van der Waals surface area contributed by atoms with Crippen LogP contribution < -0.4 is 4.72 Å². The summed E-state index contributed by atoms with van der Waals surface area (Å²) in [6, 6.07) is 10.2. The lowest BCUT2D eigenvalue weighted by Crippen LogP contribution is -2.34. The molecule has 1 unspecified atom stereocenters. The Morgan fingerprint density at radius 2 is 1.73 bits per heavy atom. The summed E-state index contributed by atoms with van der Waals surface area (Å²) in [5.74, 6) is 0. The van der Waals surface area contributed by atoms with Crippen LogP contribution in [0.25, 0.3) is 0 Å². The minimum absolute atomic E-state index is 0.117. The van der Waals surface area contributed by atoms with Crippen molar-refractivity contribution in [2.45, 2.75) is 38.5 Å². The minimum Gasteiger partial charge on any atom is -0.242 e. The molecule has 1 aromatic carbocycles. The van der Waals surface area contributed by atoms with Gasteiger partial charge in [-0.25, -0.2) is 8.93 Å². The van der Waals surface area contributed by atoms with Crippen molar-refractivity contribution in [2.75, 3.05) is 0 Å². The van der Waals surface area contributed by atoms with Crippen molar-refractivity contribution in [3.8, 4) is 0 Å². The largest absolute Gasteiger partial charge is 0.242 e. The van der Waals surface area contributed by atoms with Crippen molar-refractivity contribution in [2.24, 2.45) is 0 Å². The summed E-state index contributed by atoms with van der Waals surface area (Å²) in [6.07, 6.45) is 0. The van der Waals surface area contributed by atoms with E-state index < -0.39 is 11.0 Å². The molecule has 2 nitrogen and oxygen atoms in total. The Morgan fingerprint density at radius 1 is 1.20 bits per heavy atom. The standard InChI is InChI=1S/C12H19NOS/c1-10(11-8-6-5-7-9-11)13-15(14)12(2,3)4/h5-10,13H,1-4H3/t10-,15?/m0/s1. The fourth-order valence-corrected chi connectivity index (χ4v) is 1.96. The topological polar surface area (TPSA) is 29.1 Å². The van der Waals surface area contributed by atoms with Crippen LogP contribution in [0, 0.1) is 0 Å². The number of hydrogen-bond donors (Lipinski definition) is 1. The first-order valence-electron chi connectivity index (χ1n) is 5.14. The van der Waals surface area contributed by atoms with Gasteiger partial charge in [0.15, 0.2) is 0 Å². The van der Waals surface area contributed by atoms with Crippen molar-refractivity contribution < 1.29 is 4.21 Å². The third-order valence-electron chi connectivity index (χ3n) is 2.14. The maximum atomic E-state index is 11.8. The highest BCUT2D eigenvalue weighted by atomic mass is 32.2. The van der Waals surface area contributed by atoms with Crippen molar-refractivity contribution in [3.05, 3.63) is 35.9 Å². The lowest BCUT2D eigenvalue weighted by Gasteiger charge is -2.22. The van der Waals surface area contributed by atoms with Crippen molar-refractivity contribution in [1.82, 2.24) is 4.72 Å². The van der Waals surface area contributed by atoms with Gasteiger partial charge in [-0.1, -0.05) is 30.3 Å². The second kappa shape index (κ2) is 4.90. The third-order valence-corrected chi connectivity index (χ3v) is 3.82. The van der Waals surface area contributed by atoms with Gasteiger partial charge in [-0.15, -0.1) is 0 Å². The van der Waals surface area contributed by atoms with Gasteiger partial charge in [0.25, 0.3) is 0 Å². The summed E-state index contributed by atoms with van der Waals surface area (Å²) < 4.78 is 14.7. The van der Waals surface area contributed by atoms with E-state index in [1.54, 1.807) is 0 Å². The van der Waals surface area contributed by atoms with Gasteiger partial charge in [0.05, 0.1) is 15.7 Å². The normalized spacial score (nSPS) is 16.0. The Kier molecular flexibility index (Phi) is 4.05. The van der Waals surface area contributed by atoms with Gasteiger partial charge < -0.3 is 0 Å². The lowest BCUT2D eigenvalue weighted by molar-refractivity contribution is 0.616. The lowest BCUT2D eigenvalue weighted by atomic mass is 10.1. The van der Waals surface area contributed by atoms with E-state index in [9.17, 15) is 4.21 Å². The summed E-state index contributed by atoms with van der Waals surface area (Å²) >= 11 is 0. The van der Waals surface area contributed by atoms with Gasteiger partial charge in [-0.3, -0.25) is 0 Å². The molecule has 0 heterocycles. The number of nitrogens with one attached hydrogen (secondary N) is 1. The van der Waals surface area contributed by atoms with E-state index in [1.165, 1.54) is 0 Å². The molecule has 0 aliphatic heterocycles. The Balaban J connectivity index is 2.65. The van der Waals surface area contributed by atoms with Crippen molar-refractivity contribution in [1.29, 1.82) is 0 Å². The van der Waals surface area contributed by atoms with Gasteiger partial charge in [-0.05, 0) is 33.3 Å². The molecule has 15 heavy (non-hydrogen) atoms. The highest BCUT2D eigenvalue weighted by Gasteiger charge is 2.21. The molecular formula is C12H19NOS. The molecule has 0 aliphatic carbocycles. The minimum atomic E-state index is -1.02. The predicted octanol–water partition coefficient (Wildman–Crippen LogP) is 2.80. The van der Waals surface area contributed by atoms with E-state index >= 15 is 0 Å². The van der Waals surface area contributed by atoms with E-state index in [-0.39, 0.29) is 10.8 Å². The number of hydrogen-bond acceptors (Lipinski definition) is 1. The molecule has 2 atom stereocenters. The quantitative estimate of drug-likeness (QED) is 0.842. The summed E-state index contributed by atoms with van der Waals surface area (Å²) in [5, 5.41) is 0. The molecule has 0 radical (unpaired) electrons. The Morgan fingerprint density at radius 3 is 2.20 bits per heavy atom. The second-order valence-electron chi connectivity index (χ2n) is 4.63. The molecule has 0 saturated carbocycles. The molecule has 0 bridgehead atoms.